The van der Waals surface area contributed by atoms with Gasteiger partial charge in [0.05, 0.1) is 11.9 Å². The maximum absolute atomic E-state index is 13.4. The Morgan fingerprint density at radius 2 is 1.58 bits per heavy atom. The minimum atomic E-state index is -3.53. The molecule has 0 saturated carbocycles. The van der Waals surface area contributed by atoms with Crippen LogP contribution >= 0.6 is 15.9 Å². The molecular formula is C27H38BrN3O4S. The van der Waals surface area contributed by atoms with Crippen molar-refractivity contribution in [2.45, 2.75) is 72.5 Å². The van der Waals surface area contributed by atoms with Crippen molar-refractivity contribution in [2.75, 3.05) is 17.1 Å². The summed E-state index contributed by atoms with van der Waals surface area (Å²) >= 11 is 3.42. The second-order valence-electron chi connectivity index (χ2n) is 10.3. The molecule has 0 radical (unpaired) electrons. The van der Waals surface area contributed by atoms with E-state index in [4.69, 9.17) is 0 Å². The summed E-state index contributed by atoms with van der Waals surface area (Å²) < 4.78 is 27.3. The number of nitrogens with one attached hydrogen (secondary N) is 1. The van der Waals surface area contributed by atoms with Crippen LogP contribution in [0.25, 0.3) is 0 Å². The smallest absolute Gasteiger partial charge is 0.242 e. The van der Waals surface area contributed by atoms with E-state index in [0.717, 1.165) is 21.2 Å². The quantitative estimate of drug-likeness (QED) is 0.431. The first-order valence-corrected chi connectivity index (χ1v) is 14.6. The van der Waals surface area contributed by atoms with Crippen molar-refractivity contribution in [2.24, 2.45) is 0 Å². The van der Waals surface area contributed by atoms with Gasteiger partial charge in [-0.05, 0) is 88.9 Å². The Morgan fingerprint density at radius 1 is 1.03 bits per heavy atom. The first-order chi connectivity index (χ1) is 16.6. The average molecular weight is 581 g/mol. The minimum Gasteiger partial charge on any atom is -0.350 e. The Morgan fingerprint density at radius 3 is 2.08 bits per heavy atom. The number of aryl methyl sites for hydroxylation is 2. The largest absolute Gasteiger partial charge is 0.350 e. The van der Waals surface area contributed by atoms with E-state index in [1.807, 2.05) is 77.1 Å². The summed E-state index contributed by atoms with van der Waals surface area (Å²) in [6.07, 6.45) is 1.61. The van der Waals surface area contributed by atoms with Crippen molar-refractivity contribution >= 4 is 43.5 Å². The van der Waals surface area contributed by atoms with Gasteiger partial charge in [-0.2, -0.15) is 0 Å². The number of rotatable bonds is 10. The molecule has 0 bridgehead atoms. The highest BCUT2D eigenvalue weighted by molar-refractivity contribution is 9.10. The Hall–Kier alpha value is -2.39. The molecule has 36 heavy (non-hydrogen) atoms. The maximum atomic E-state index is 13.4. The van der Waals surface area contributed by atoms with E-state index in [2.05, 4.69) is 21.2 Å². The molecule has 1 N–H and O–H groups in total. The van der Waals surface area contributed by atoms with Gasteiger partial charge in [-0.3, -0.25) is 13.9 Å². The van der Waals surface area contributed by atoms with Gasteiger partial charge in [0.25, 0.3) is 0 Å². The van der Waals surface area contributed by atoms with Crippen molar-refractivity contribution in [3.05, 3.63) is 63.6 Å². The molecule has 2 rings (SSSR count). The van der Waals surface area contributed by atoms with Gasteiger partial charge < -0.3 is 10.2 Å². The minimum absolute atomic E-state index is 0.112. The molecule has 0 saturated heterocycles. The van der Waals surface area contributed by atoms with Crippen LogP contribution in [0.15, 0.2) is 46.9 Å². The van der Waals surface area contributed by atoms with E-state index in [0.29, 0.717) is 12.1 Å². The van der Waals surface area contributed by atoms with Crippen LogP contribution in [0, 0.1) is 13.8 Å². The van der Waals surface area contributed by atoms with Gasteiger partial charge in [0.1, 0.15) is 6.04 Å². The highest BCUT2D eigenvalue weighted by atomic mass is 79.9. The molecule has 2 aromatic rings. The number of hydrogen-bond acceptors (Lipinski definition) is 4. The summed E-state index contributed by atoms with van der Waals surface area (Å²) in [4.78, 5) is 27.8. The van der Waals surface area contributed by atoms with Crippen LogP contribution in [-0.4, -0.2) is 49.5 Å². The first-order valence-electron chi connectivity index (χ1n) is 12.0. The number of sulfonamides is 1. The zero-order valence-corrected chi connectivity index (χ0v) is 24.7. The van der Waals surface area contributed by atoms with Crippen molar-refractivity contribution in [1.82, 2.24) is 10.2 Å². The molecule has 198 valence electrons. The fourth-order valence-corrected chi connectivity index (χ4v) is 5.16. The highest BCUT2D eigenvalue weighted by Gasteiger charge is 2.28. The molecule has 0 heterocycles. The second kappa shape index (κ2) is 12.2. The molecule has 2 aromatic carbocycles. The van der Waals surface area contributed by atoms with Crippen LogP contribution in [0.3, 0.4) is 0 Å². The first kappa shape index (κ1) is 29.8. The molecule has 0 aliphatic carbocycles. The lowest BCUT2D eigenvalue weighted by Gasteiger charge is -2.32. The molecule has 2 amide bonds. The third-order valence-corrected chi connectivity index (χ3v) is 7.30. The lowest BCUT2D eigenvalue weighted by molar-refractivity contribution is -0.141. The average Bonchev–Trinajstić information content (AvgIpc) is 2.72. The van der Waals surface area contributed by atoms with Gasteiger partial charge in [0, 0.05) is 29.5 Å². The number of amides is 2. The van der Waals surface area contributed by atoms with Crippen LogP contribution in [0.2, 0.25) is 0 Å². The van der Waals surface area contributed by atoms with Crippen molar-refractivity contribution < 1.29 is 18.0 Å². The Balaban J connectivity index is 2.21. The number of carbonyl (C=O) groups is 2. The monoisotopic (exact) mass is 579 g/mol. The molecular weight excluding hydrogens is 542 g/mol. The standard InChI is InChI=1S/C27H38BrN3O4S/c1-19-15-20(2)17-24(16-19)31(36(7,34)35)14-8-9-25(32)30(18-22-10-12-23(28)13-11-22)21(3)26(33)29-27(4,5)6/h10-13,15-17,21H,8-9,14,18H2,1-7H3,(H,29,33)/t21-/m0/s1. The third-order valence-electron chi connectivity index (χ3n) is 5.58. The van der Waals surface area contributed by atoms with Gasteiger partial charge in [0.2, 0.25) is 21.8 Å². The lowest BCUT2D eigenvalue weighted by Crippen LogP contribution is -2.52. The number of halogens is 1. The molecule has 0 fully saturated rings. The molecule has 0 unspecified atom stereocenters. The summed E-state index contributed by atoms with van der Waals surface area (Å²) in [6, 6.07) is 12.6. The highest BCUT2D eigenvalue weighted by Crippen LogP contribution is 2.22. The van der Waals surface area contributed by atoms with Crippen molar-refractivity contribution in [1.29, 1.82) is 0 Å². The normalized spacial score (nSPS) is 12.7. The number of nitrogens with zero attached hydrogens (tertiary/aromatic N) is 2. The number of benzene rings is 2. The second-order valence-corrected chi connectivity index (χ2v) is 13.2. The van der Waals surface area contributed by atoms with E-state index in [1.54, 1.807) is 11.8 Å². The fraction of sp³-hybridized carbons (Fsp3) is 0.481. The van der Waals surface area contributed by atoms with Crippen LogP contribution in [0.5, 0.6) is 0 Å². The maximum Gasteiger partial charge on any atom is 0.242 e. The van der Waals surface area contributed by atoms with E-state index in [-0.39, 0.29) is 31.3 Å². The molecule has 0 aliphatic heterocycles. The summed E-state index contributed by atoms with van der Waals surface area (Å²) in [6.45, 7) is 11.7. The van der Waals surface area contributed by atoms with Gasteiger partial charge in [-0.15, -0.1) is 0 Å². The predicted molar refractivity (Wildman–Crippen MR) is 149 cm³/mol. The van der Waals surface area contributed by atoms with Gasteiger partial charge in [-0.25, -0.2) is 8.42 Å². The molecule has 9 heteroatoms. The SMILES string of the molecule is Cc1cc(C)cc(N(CCCC(=O)N(Cc2ccc(Br)cc2)[C@@H](C)C(=O)NC(C)(C)C)S(C)(=O)=O)c1. The van der Waals surface area contributed by atoms with Crippen LogP contribution in [0.1, 0.15) is 57.2 Å². The zero-order chi connectivity index (χ0) is 27.3. The van der Waals surface area contributed by atoms with E-state index < -0.39 is 21.6 Å². The Labute approximate surface area is 224 Å². The third kappa shape index (κ3) is 9.24. The Kier molecular flexibility index (Phi) is 10.1. The molecule has 0 aromatic heterocycles. The number of carbonyl (C=O) groups excluding carboxylic acids is 2. The topological polar surface area (TPSA) is 86.8 Å². The number of hydrogen-bond donors (Lipinski definition) is 1. The molecule has 1 atom stereocenters. The van der Waals surface area contributed by atoms with Crippen molar-refractivity contribution in [3.8, 4) is 0 Å². The van der Waals surface area contributed by atoms with Crippen molar-refractivity contribution in [3.63, 3.8) is 0 Å². The molecule has 0 spiro atoms. The summed E-state index contributed by atoms with van der Waals surface area (Å²) in [7, 11) is -3.53. The molecule has 7 nitrogen and oxygen atoms in total. The Bertz CT molecular complexity index is 1150. The van der Waals surface area contributed by atoms with E-state index in [9.17, 15) is 18.0 Å². The predicted octanol–water partition coefficient (Wildman–Crippen LogP) is 4.94. The fourth-order valence-electron chi connectivity index (χ4n) is 3.94. The van der Waals surface area contributed by atoms with E-state index >= 15 is 0 Å². The lowest BCUT2D eigenvalue weighted by atomic mass is 10.1. The summed E-state index contributed by atoms with van der Waals surface area (Å²) in [5.74, 6) is -0.440. The van der Waals surface area contributed by atoms with Crippen LogP contribution in [0.4, 0.5) is 5.69 Å². The number of anilines is 1. The zero-order valence-electron chi connectivity index (χ0n) is 22.3. The van der Waals surface area contributed by atoms with Gasteiger partial charge in [-0.1, -0.05) is 34.1 Å². The van der Waals surface area contributed by atoms with Gasteiger partial charge >= 0.3 is 0 Å². The van der Waals surface area contributed by atoms with Crippen LogP contribution < -0.4 is 9.62 Å². The summed E-state index contributed by atoms with van der Waals surface area (Å²) in [5, 5.41) is 2.95. The van der Waals surface area contributed by atoms with Crippen LogP contribution in [-0.2, 0) is 26.2 Å². The summed E-state index contributed by atoms with van der Waals surface area (Å²) in [5.41, 5.74) is 2.99. The van der Waals surface area contributed by atoms with E-state index in [1.165, 1.54) is 10.6 Å². The molecule has 0 aliphatic rings. The van der Waals surface area contributed by atoms with Gasteiger partial charge in [0.15, 0.2) is 0 Å².